The highest BCUT2D eigenvalue weighted by molar-refractivity contribution is 8.15. The molecular formula is C27H23ClF3N3O2S. The number of hydrogen-bond acceptors (Lipinski definition) is 4. The van der Waals surface area contributed by atoms with E-state index in [1.54, 1.807) is 4.90 Å². The molecule has 192 valence electrons. The molecule has 3 aromatic rings. The zero-order valence-corrected chi connectivity index (χ0v) is 21.5. The number of rotatable bonds is 6. The lowest BCUT2D eigenvalue weighted by Gasteiger charge is -2.17. The van der Waals surface area contributed by atoms with Crippen LogP contribution in [-0.4, -0.2) is 27.1 Å². The van der Waals surface area contributed by atoms with Crippen LogP contribution in [0.5, 0.6) is 0 Å². The summed E-state index contributed by atoms with van der Waals surface area (Å²) < 4.78 is 39.5. The van der Waals surface area contributed by atoms with Crippen LogP contribution in [0, 0.1) is 13.8 Å². The highest BCUT2D eigenvalue weighted by atomic mass is 35.5. The van der Waals surface area contributed by atoms with E-state index in [4.69, 9.17) is 16.6 Å². The third kappa shape index (κ3) is 6.34. The molecular weight excluding hydrogens is 523 g/mol. The third-order valence-electron chi connectivity index (χ3n) is 5.92. The summed E-state index contributed by atoms with van der Waals surface area (Å²) in [6, 6.07) is 18.3. The second-order valence-electron chi connectivity index (χ2n) is 8.57. The van der Waals surface area contributed by atoms with Gasteiger partial charge in [-0.3, -0.25) is 14.5 Å². The molecule has 4 rings (SSSR count). The van der Waals surface area contributed by atoms with Gasteiger partial charge in [0.15, 0.2) is 5.17 Å². The molecule has 2 amide bonds. The predicted octanol–water partition coefficient (Wildman–Crippen LogP) is 7.14. The van der Waals surface area contributed by atoms with Gasteiger partial charge in [-0.05, 0) is 54.8 Å². The molecule has 1 saturated heterocycles. The van der Waals surface area contributed by atoms with Crippen molar-refractivity contribution in [1.29, 1.82) is 0 Å². The van der Waals surface area contributed by atoms with Crippen molar-refractivity contribution in [3.63, 3.8) is 0 Å². The van der Waals surface area contributed by atoms with Crippen molar-refractivity contribution >= 4 is 51.7 Å². The van der Waals surface area contributed by atoms with Gasteiger partial charge >= 0.3 is 6.18 Å². The lowest BCUT2D eigenvalue weighted by molar-refractivity contribution is -0.137. The monoisotopic (exact) mass is 545 g/mol. The number of aryl methyl sites for hydroxylation is 1. The largest absolute Gasteiger partial charge is 0.417 e. The maximum absolute atomic E-state index is 13.4. The van der Waals surface area contributed by atoms with E-state index < -0.39 is 27.9 Å². The Labute approximate surface area is 221 Å². The molecule has 0 aliphatic carbocycles. The fourth-order valence-corrected chi connectivity index (χ4v) is 5.17. The minimum absolute atomic E-state index is 0.0532. The van der Waals surface area contributed by atoms with Crippen LogP contribution in [0.15, 0.2) is 71.7 Å². The molecule has 0 radical (unpaired) electrons. The van der Waals surface area contributed by atoms with E-state index in [1.807, 2.05) is 62.4 Å². The molecule has 1 heterocycles. The van der Waals surface area contributed by atoms with Gasteiger partial charge in [-0.1, -0.05) is 65.8 Å². The summed E-state index contributed by atoms with van der Waals surface area (Å²) >= 11 is 6.83. The molecule has 10 heteroatoms. The summed E-state index contributed by atoms with van der Waals surface area (Å²) in [5, 5.41) is 1.68. The molecule has 0 bridgehead atoms. The van der Waals surface area contributed by atoms with E-state index in [9.17, 15) is 22.8 Å². The Morgan fingerprint density at radius 1 is 1.08 bits per heavy atom. The quantitative estimate of drug-likeness (QED) is 0.358. The molecule has 1 aliphatic heterocycles. The Kier molecular flexibility index (Phi) is 7.94. The van der Waals surface area contributed by atoms with E-state index in [2.05, 4.69) is 5.32 Å². The van der Waals surface area contributed by atoms with Crippen molar-refractivity contribution in [3.8, 4) is 0 Å². The first-order chi connectivity index (χ1) is 17.5. The first-order valence-electron chi connectivity index (χ1n) is 11.4. The lowest BCUT2D eigenvalue weighted by atomic mass is 10.1. The summed E-state index contributed by atoms with van der Waals surface area (Å²) in [5.41, 5.74) is 2.56. The number of aliphatic imine (C=N–C) groups is 1. The molecule has 1 atom stereocenters. The van der Waals surface area contributed by atoms with Crippen LogP contribution in [0.3, 0.4) is 0 Å². The average Bonchev–Trinajstić information content (AvgIpc) is 3.12. The first kappa shape index (κ1) is 26.8. The number of amidine groups is 1. The number of nitrogens with one attached hydrogen (secondary N) is 1. The van der Waals surface area contributed by atoms with Crippen LogP contribution in [0.4, 0.5) is 24.5 Å². The number of carbonyl (C=O) groups is 2. The van der Waals surface area contributed by atoms with Crippen molar-refractivity contribution < 1.29 is 22.8 Å². The summed E-state index contributed by atoms with van der Waals surface area (Å²) in [4.78, 5) is 32.4. The fraction of sp³-hybridized carbons (Fsp3) is 0.222. The van der Waals surface area contributed by atoms with E-state index in [0.717, 1.165) is 34.5 Å². The maximum Gasteiger partial charge on any atom is 0.417 e. The van der Waals surface area contributed by atoms with Gasteiger partial charge in [0.05, 0.1) is 22.8 Å². The van der Waals surface area contributed by atoms with Crippen molar-refractivity contribution in [2.45, 2.75) is 38.2 Å². The number of alkyl halides is 3. The molecule has 1 unspecified atom stereocenters. The molecule has 1 N–H and O–H groups in total. The summed E-state index contributed by atoms with van der Waals surface area (Å²) in [6.45, 7) is 4.20. The molecule has 37 heavy (non-hydrogen) atoms. The fourth-order valence-electron chi connectivity index (χ4n) is 3.80. The molecule has 0 aromatic heterocycles. The van der Waals surface area contributed by atoms with Crippen LogP contribution in [0.2, 0.25) is 5.02 Å². The van der Waals surface area contributed by atoms with Gasteiger partial charge in [0.1, 0.15) is 5.25 Å². The summed E-state index contributed by atoms with van der Waals surface area (Å²) in [7, 11) is 0. The number of nitrogens with zero attached hydrogens (tertiary/aromatic N) is 2. The van der Waals surface area contributed by atoms with Gasteiger partial charge in [0.2, 0.25) is 11.8 Å². The Morgan fingerprint density at radius 2 is 1.81 bits per heavy atom. The Bertz CT molecular complexity index is 1360. The predicted molar refractivity (Wildman–Crippen MR) is 141 cm³/mol. The number of carbonyl (C=O) groups excluding carboxylic acids is 2. The second-order valence-corrected chi connectivity index (χ2v) is 10.2. The van der Waals surface area contributed by atoms with Crippen LogP contribution in [0.1, 0.15) is 28.7 Å². The minimum Gasteiger partial charge on any atom is -0.326 e. The topological polar surface area (TPSA) is 61.8 Å². The maximum atomic E-state index is 13.4. The summed E-state index contributed by atoms with van der Waals surface area (Å²) in [5.74, 6) is -0.880. The lowest BCUT2D eigenvalue weighted by Crippen LogP contribution is -2.33. The smallest absolute Gasteiger partial charge is 0.326 e. The molecule has 0 spiro atoms. The number of hydrogen-bond donors (Lipinski definition) is 1. The standard InChI is InChI=1S/C27H23ClF3N3O2S/c1-16-7-6-10-22(17(16)2)33-26-34(15-18-8-4-3-5-9-18)25(36)23(37-26)14-24(35)32-19-11-12-21(28)20(13-19)27(29,30)31/h3-13,23H,14-15H2,1-2H3,(H,32,35). The van der Waals surface area contributed by atoms with E-state index in [-0.39, 0.29) is 24.6 Å². The van der Waals surface area contributed by atoms with Gasteiger partial charge in [-0.2, -0.15) is 13.2 Å². The number of benzene rings is 3. The van der Waals surface area contributed by atoms with E-state index >= 15 is 0 Å². The highest BCUT2D eigenvalue weighted by Gasteiger charge is 2.39. The van der Waals surface area contributed by atoms with Crippen molar-refractivity contribution in [1.82, 2.24) is 4.90 Å². The van der Waals surface area contributed by atoms with Gasteiger partial charge in [0, 0.05) is 12.1 Å². The van der Waals surface area contributed by atoms with E-state index in [1.165, 1.54) is 17.8 Å². The van der Waals surface area contributed by atoms with Gasteiger partial charge in [-0.25, -0.2) is 4.99 Å². The molecule has 5 nitrogen and oxygen atoms in total. The zero-order chi connectivity index (χ0) is 26.7. The van der Waals surface area contributed by atoms with Crippen LogP contribution in [-0.2, 0) is 22.3 Å². The Morgan fingerprint density at radius 3 is 2.51 bits per heavy atom. The summed E-state index contributed by atoms with van der Waals surface area (Å²) in [6.07, 6.45) is -4.89. The average molecular weight is 546 g/mol. The van der Waals surface area contributed by atoms with Crippen molar-refractivity contribution in [2.24, 2.45) is 4.99 Å². The highest BCUT2D eigenvalue weighted by Crippen LogP contribution is 2.37. The number of thioether (sulfide) groups is 1. The first-order valence-corrected chi connectivity index (χ1v) is 12.6. The zero-order valence-electron chi connectivity index (χ0n) is 20.0. The Hall–Kier alpha value is -3.30. The van der Waals surface area contributed by atoms with Crippen molar-refractivity contribution in [3.05, 3.63) is 94.0 Å². The van der Waals surface area contributed by atoms with Gasteiger partial charge < -0.3 is 5.32 Å². The number of amides is 2. The number of anilines is 1. The number of halogens is 4. The van der Waals surface area contributed by atoms with Crippen molar-refractivity contribution in [2.75, 3.05) is 5.32 Å². The Balaban J connectivity index is 1.56. The van der Waals surface area contributed by atoms with Crippen LogP contribution < -0.4 is 5.32 Å². The SMILES string of the molecule is Cc1cccc(N=C2SC(CC(=O)Nc3ccc(Cl)c(C(F)(F)F)c3)C(=O)N2Cc2ccccc2)c1C. The molecule has 1 fully saturated rings. The second kappa shape index (κ2) is 11.0. The molecule has 3 aromatic carbocycles. The minimum atomic E-state index is -4.66. The third-order valence-corrected chi connectivity index (χ3v) is 7.43. The molecule has 0 saturated carbocycles. The van der Waals surface area contributed by atoms with E-state index in [0.29, 0.717) is 5.17 Å². The normalized spacial score (nSPS) is 16.9. The van der Waals surface area contributed by atoms with Gasteiger partial charge in [0.25, 0.3) is 0 Å². The van der Waals surface area contributed by atoms with Crippen LogP contribution >= 0.6 is 23.4 Å². The van der Waals surface area contributed by atoms with Gasteiger partial charge in [-0.15, -0.1) is 0 Å². The molecule has 1 aliphatic rings. The van der Waals surface area contributed by atoms with Crippen LogP contribution in [0.25, 0.3) is 0 Å².